The van der Waals surface area contributed by atoms with Crippen LogP contribution in [-0.4, -0.2) is 23.2 Å². The number of thiophene rings is 1. The van der Waals surface area contributed by atoms with Crippen LogP contribution in [0.5, 0.6) is 0 Å². The molecule has 0 atom stereocenters. The Morgan fingerprint density at radius 2 is 1.28 bits per heavy atom. The Morgan fingerprint density at radius 1 is 0.638 bits per heavy atom. The standard InChI is InChI=1S/C43H48GeN2S/c1-40(2)22-42(5,6)35-30(40)21-31-36(43(7,8)23-41(31,3)4)34(35)26-16-17-29-33(20-26)47-39-37(45-24-46-38(29)39)27-18-25-14-12-13-15-28(25)32(19-27)44(9,10)11/h12-21,24H,22-23H2,1-11H3. The Kier molecular flexibility index (Phi) is 6.51. The fourth-order valence-corrected chi connectivity index (χ4v) is 14.6. The van der Waals surface area contributed by atoms with E-state index >= 15 is 0 Å². The normalized spacial score (nSPS) is 19.0. The number of aromatic nitrogens is 2. The average molecular weight is 698 g/mol. The second kappa shape index (κ2) is 9.79. The molecule has 0 bridgehead atoms. The quantitative estimate of drug-likeness (QED) is 0.172. The molecule has 0 saturated carbocycles. The van der Waals surface area contributed by atoms with E-state index in [1.807, 2.05) is 11.3 Å². The molecule has 2 aliphatic carbocycles. The maximum absolute atomic E-state index is 4.97. The van der Waals surface area contributed by atoms with Crippen LogP contribution in [0.15, 0.2) is 67.0 Å². The summed E-state index contributed by atoms with van der Waals surface area (Å²) in [7, 11) is 0. The van der Waals surface area contributed by atoms with Gasteiger partial charge in [0, 0.05) is 0 Å². The Balaban J connectivity index is 1.39. The molecule has 4 heteroatoms. The summed E-state index contributed by atoms with van der Waals surface area (Å²) in [5, 5.41) is 3.93. The summed E-state index contributed by atoms with van der Waals surface area (Å²) < 4.78 is 4.02. The van der Waals surface area contributed by atoms with Gasteiger partial charge in [0.25, 0.3) is 0 Å². The van der Waals surface area contributed by atoms with Gasteiger partial charge in [-0.1, -0.05) is 61.5 Å². The molecule has 47 heavy (non-hydrogen) atoms. The molecule has 0 amide bonds. The Morgan fingerprint density at radius 3 is 1.91 bits per heavy atom. The van der Waals surface area contributed by atoms with E-state index in [0.717, 1.165) is 11.2 Å². The predicted octanol–water partition coefficient (Wildman–Crippen LogP) is 11.8. The van der Waals surface area contributed by atoms with Crippen molar-refractivity contribution in [2.24, 2.45) is 0 Å². The van der Waals surface area contributed by atoms with Crippen molar-refractivity contribution in [1.82, 2.24) is 9.97 Å². The topological polar surface area (TPSA) is 25.8 Å². The number of fused-ring (bicyclic) bond motifs is 6. The molecular formula is C43H48GeN2S. The van der Waals surface area contributed by atoms with Crippen LogP contribution in [0.25, 0.3) is 53.5 Å². The molecular weight excluding hydrogens is 649 g/mol. The summed E-state index contributed by atoms with van der Waals surface area (Å²) in [6.07, 6.45) is 4.11. The molecule has 2 aromatic heterocycles. The second-order valence-corrected chi connectivity index (χ2v) is 29.8. The van der Waals surface area contributed by atoms with E-state index < -0.39 is 13.3 Å². The first-order valence-corrected chi connectivity index (χ1v) is 25.5. The van der Waals surface area contributed by atoms with Gasteiger partial charge in [0.15, 0.2) is 0 Å². The number of nitrogens with zero attached hydrogens (tertiary/aromatic N) is 2. The summed E-state index contributed by atoms with van der Waals surface area (Å²) in [5.41, 5.74) is 13.0. The first-order valence-electron chi connectivity index (χ1n) is 17.3. The van der Waals surface area contributed by atoms with Crippen LogP contribution >= 0.6 is 11.3 Å². The van der Waals surface area contributed by atoms with Crippen molar-refractivity contribution >= 4 is 60.1 Å². The van der Waals surface area contributed by atoms with E-state index in [1.165, 1.54) is 59.5 Å². The van der Waals surface area contributed by atoms with Gasteiger partial charge in [-0.2, -0.15) is 0 Å². The fourth-order valence-electron chi connectivity index (χ4n) is 10.0. The molecule has 8 rings (SSSR count). The minimum Gasteiger partial charge on any atom is -0.0558 e. The summed E-state index contributed by atoms with van der Waals surface area (Å²) in [4.78, 5) is 9.87. The number of benzene rings is 4. The fraction of sp³-hybridized carbons (Fsp3) is 0.395. The molecule has 0 fully saturated rings. The van der Waals surface area contributed by atoms with Gasteiger partial charge < -0.3 is 0 Å². The smallest absolute Gasteiger partial charge is 0.0558 e. The minimum atomic E-state index is -2.17. The number of rotatable bonds is 3. The van der Waals surface area contributed by atoms with E-state index in [2.05, 4.69) is 133 Å². The molecule has 0 unspecified atom stereocenters. The molecule has 240 valence electrons. The zero-order chi connectivity index (χ0) is 33.5. The number of hydrogen-bond donors (Lipinski definition) is 0. The molecule has 2 aliphatic rings. The molecule has 2 nitrogen and oxygen atoms in total. The van der Waals surface area contributed by atoms with Gasteiger partial charge in [0.1, 0.15) is 0 Å². The SMILES string of the molecule is CC1(C)CC(C)(C)c2c1cc1c(c2-c2ccc3c(c2)sc2c(-c4c[c]([Ge]([CH3])([CH3])[CH3])c5ccccc5c4)ncnc23)C(C)(C)CC1(C)C. The van der Waals surface area contributed by atoms with Crippen molar-refractivity contribution in [2.45, 2.75) is 107 Å². The first kappa shape index (κ1) is 31.3. The summed E-state index contributed by atoms with van der Waals surface area (Å²) in [6, 6.07) is 23.5. The molecule has 2 heterocycles. The molecule has 0 aliphatic heterocycles. The summed E-state index contributed by atoms with van der Waals surface area (Å²) >= 11 is -0.308. The van der Waals surface area contributed by atoms with Crippen LogP contribution in [0.3, 0.4) is 0 Å². The van der Waals surface area contributed by atoms with Gasteiger partial charge in [-0.25, -0.2) is 0 Å². The summed E-state index contributed by atoms with van der Waals surface area (Å²) in [6.45, 7) is 19.7. The van der Waals surface area contributed by atoms with E-state index in [-0.39, 0.29) is 21.7 Å². The zero-order valence-corrected chi connectivity index (χ0v) is 33.0. The van der Waals surface area contributed by atoms with Gasteiger partial charge >= 0.3 is 204 Å². The Hall–Kier alpha value is -3.02. The first-order chi connectivity index (χ1) is 21.9. The van der Waals surface area contributed by atoms with Gasteiger partial charge in [0.05, 0.1) is 0 Å². The second-order valence-electron chi connectivity index (χ2n) is 18.2. The monoisotopic (exact) mass is 698 g/mol. The molecule has 0 radical (unpaired) electrons. The third kappa shape index (κ3) is 4.62. The van der Waals surface area contributed by atoms with E-state index in [0.29, 0.717) is 0 Å². The van der Waals surface area contributed by atoms with Crippen molar-refractivity contribution in [3.63, 3.8) is 0 Å². The number of hydrogen-bond acceptors (Lipinski definition) is 3. The molecule has 6 aromatic rings. The maximum atomic E-state index is 4.97. The van der Waals surface area contributed by atoms with Gasteiger partial charge in [-0.15, -0.1) is 0 Å². The van der Waals surface area contributed by atoms with Gasteiger partial charge in [0.2, 0.25) is 0 Å². The van der Waals surface area contributed by atoms with Crippen LogP contribution < -0.4 is 4.40 Å². The third-order valence-electron chi connectivity index (χ3n) is 11.4. The van der Waals surface area contributed by atoms with Gasteiger partial charge in [-0.05, 0) is 23.7 Å². The van der Waals surface area contributed by atoms with Crippen molar-refractivity contribution in [3.05, 3.63) is 89.2 Å². The Labute approximate surface area is 287 Å². The predicted molar refractivity (Wildman–Crippen MR) is 208 cm³/mol. The molecule has 4 aromatic carbocycles. The molecule has 0 saturated heterocycles. The van der Waals surface area contributed by atoms with Crippen LogP contribution in [0, 0.1) is 0 Å². The zero-order valence-electron chi connectivity index (χ0n) is 30.1. The minimum absolute atomic E-state index is 0.102. The van der Waals surface area contributed by atoms with Crippen molar-refractivity contribution in [3.8, 4) is 22.4 Å². The van der Waals surface area contributed by atoms with E-state index in [1.54, 1.807) is 28.6 Å². The average Bonchev–Trinajstić information content (AvgIpc) is 3.51. The van der Waals surface area contributed by atoms with Crippen LogP contribution in [0.1, 0.15) is 90.5 Å². The van der Waals surface area contributed by atoms with Crippen molar-refractivity contribution in [2.75, 3.05) is 0 Å². The van der Waals surface area contributed by atoms with Crippen LogP contribution in [0.2, 0.25) is 17.3 Å². The van der Waals surface area contributed by atoms with Gasteiger partial charge in [-0.3, -0.25) is 0 Å². The molecule has 0 spiro atoms. The molecule has 0 N–H and O–H groups in total. The van der Waals surface area contributed by atoms with E-state index in [4.69, 9.17) is 9.97 Å². The Bertz CT molecular complexity index is 2240. The van der Waals surface area contributed by atoms with E-state index in [9.17, 15) is 0 Å². The van der Waals surface area contributed by atoms with Crippen LogP contribution in [0.4, 0.5) is 0 Å². The van der Waals surface area contributed by atoms with Crippen LogP contribution in [-0.2, 0) is 21.7 Å². The third-order valence-corrected chi connectivity index (χ3v) is 16.8. The van der Waals surface area contributed by atoms with Crippen molar-refractivity contribution < 1.29 is 0 Å². The summed E-state index contributed by atoms with van der Waals surface area (Å²) in [5.74, 6) is 7.47. The van der Waals surface area contributed by atoms with Crippen molar-refractivity contribution in [1.29, 1.82) is 0 Å².